The van der Waals surface area contributed by atoms with Crippen molar-refractivity contribution in [1.82, 2.24) is 15.0 Å². The van der Waals surface area contributed by atoms with Crippen LogP contribution in [0.2, 0.25) is 0 Å². The molecule has 1 aromatic carbocycles. The van der Waals surface area contributed by atoms with Gasteiger partial charge in [0.15, 0.2) is 0 Å². The fourth-order valence-electron chi connectivity index (χ4n) is 3.31. The van der Waals surface area contributed by atoms with Crippen LogP contribution >= 0.6 is 0 Å². The first-order valence-electron chi connectivity index (χ1n) is 8.50. The number of fused-ring (bicyclic) bond motifs is 1. The molecule has 0 radical (unpaired) electrons. The summed E-state index contributed by atoms with van der Waals surface area (Å²) < 4.78 is 46.0. The molecule has 3 heterocycles. The van der Waals surface area contributed by atoms with E-state index in [2.05, 4.69) is 15.0 Å². The number of methoxy groups -OCH3 is 1. The minimum atomic E-state index is -4.66. The summed E-state index contributed by atoms with van der Waals surface area (Å²) in [5.74, 6) is -0.789. The van der Waals surface area contributed by atoms with Gasteiger partial charge in [0.05, 0.1) is 23.9 Å². The van der Waals surface area contributed by atoms with E-state index in [4.69, 9.17) is 10.5 Å². The summed E-state index contributed by atoms with van der Waals surface area (Å²) in [5.41, 5.74) is 6.01. The van der Waals surface area contributed by atoms with Gasteiger partial charge in [-0.25, -0.2) is 4.98 Å². The number of pyridine rings is 1. The smallest absolute Gasteiger partial charge is 0.417 e. The van der Waals surface area contributed by atoms with E-state index in [1.807, 2.05) is 0 Å². The Morgan fingerprint density at radius 3 is 2.62 bits per heavy atom. The number of H-pyrrole nitrogens is 2. The van der Waals surface area contributed by atoms with Crippen LogP contribution in [0.4, 0.5) is 13.2 Å². The van der Waals surface area contributed by atoms with Crippen molar-refractivity contribution in [3.63, 3.8) is 0 Å². The molecule has 4 N–H and O–H groups in total. The largest absolute Gasteiger partial charge is 0.497 e. The lowest BCUT2D eigenvalue weighted by Crippen LogP contribution is -2.13. The summed E-state index contributed by atoms with van der Waals surface area (Å²) in [6, 6.07) is 8.47. The van der Waals surface area contributed by atoms with Crippen molar-refractivity contribution in [2.24, 2.45) is 5.73 Å². The van der Waals surface area contributed by atoms with Crippen molar-refractivity contribution in [1.29, 1.82) is 0 Å². The maximum Gasteiger partial charge on any atom is 0.417 e. The van der Waals surface area contributed by atoms with E-state index < -0.39 is 17.6 Å². The lowest BCUT2D eigenvalue weighted by Gasteiger charge is -2.14. The molecule has 1 amide bonds. The molecule has 0 saturated heterocycles. The summed E-state index contributed by atoms with van der Waals surface area (Å²) in [6.45, 7) is 0. The molecule has 0 saturated carbocycles. The van der Waals surface area contributed by atoms with Crippen molar-refractivity contribution < 1.29 is 22.7 Å². The highest BCUT2D eigenvalue weighted by molar-refractivity contribution is 6.02. The average molecular weight is 400 g/mol. The lowest BCUT2D eigenvalue weighted by atomic mass is 10.0. The van der Waals surface area contributed by atoms with Crippen molar-refractivity contribution in [3.05, 3.63) is 59.9 Å². The van der Waals surface area contributed by atoms with Gasteiger partial charge in [0, 0.05) is 34.6 Å². The van der Waals surface area contributed by atoms with Gasteiger partial charge in [-0.05, 0) is 36.4 Å². The molecule has 0 spiro atoms. The molecule has 0 atom stereocenters. The van der Waals surface area contributed by atoms with Gasteiger partial charge in [-0.1, -0.05) is 0 Å². The maximum absolute atomic E-state index is 13.7. The second-order valence-corrected chi connectivity index (χ2v) is 6.34. The number of carbonyl (C=O) groups excluding carboxylic acids is 1. The number of alkyl halides is 3. The molecule has 4 aromatic rings. The second kappa shape index (κ2) is 6.69. The Hall–Kier alpha value is -3.75. The van der Waals surface area contributed by atoms with E-state index in [1.54, 1.807) is 24.5 Å². The van der Waals surface area contributed by atoms with Crippen LogP contribution in [0, 0.1) is 0 Å². The predicted molar refractivity (Wildman–Crippen MR) is 101 cm³/mol. The van der Waals surface area contributed by atoms with Crippen LogP contribution in [-0.2, 0) is 6.18 Å². The number of nitrogens with two attached hydrogens (primary N) is 1. The summed E-state index contributed by atoms with van der Waals surface area (Å²) in [4.78, 5) is 22.1. The Bertz CT molecular complexity index is 1220. The lowest BCUT2D eigenvalue weighted by molar-refractivity contribution is -0.137. The van der Waals surface area contributed by atoms with Gasteiger partial charge in [0.25, 0.3) is 5.91 Å². The molecular formula is C20H15F3N4O2. The van der Waals surface area contributed by atoms with Crippen LogP contribution in [0.25, 0.3) is 33.5 Å². The van der Waals surface area contributed by atoms with Crippen molar-refractivity contribution >= 4 is 16.9 Å². The molecule has 6 nitrogen and oxygen atoms in total. The Kier molecular flexibility index (Phi) is 4.30. The van der Waals surface area contributed by atoms with Crippen molar-refractivity contribution in [3.8, 4) is 28.3 Å². The van der Waals surface area contributed by atoms with Crippen LogP contribution < -0.4 is 10.5 Å². The summed E-state index contributed by atoms with van der Waals surface area (Å²) >= 11 is 0. The number of carbonyl (C=O) groups is 1. The molecule has 0 aliphatic carbocycles. The van der Waals surface area contributed by atoms with Crippen LogP contribution in [0.1, 0.15) is 15.9 Å². The number of aromatic nitrogens is 3. The minimum Gasteiger partial charge on any atom is -0.497 e. The molecule has 0 unspecified atom stereocenters. The summed E-state index contributed by atoms with van der Waals surface area (Å²) in [6.07, 6.45) is -1.40. The van der Waals surface area contributed by atoms with Crippen LogP contribution in [0.3, 0.4) is 0 Å². The van der Waals surface area contributed by atoms with E-state index in [0.29, 0.717) is 16.9 Å². The number of rotatable bonds is 4. The van der Waals surface area contributed by atoms with Crippen LogP contribution in [0.15, 0.2) is 48.8 Å². The first-order chi connectivity index (χ1) is 13.8. The highest BCUT2D eigenvalue weighted by Crippen LogP contribution is 2.41. The first-order valence-corrected chi connectivity index (χ1v) is 8.50. The zero-order valence-electron chi connectivity index (χ0n) is 15.1. The number of amides is 1. The topological polar surface area (TPSA) is 96.8 Å². The number of nitrogens with one attached hydrogen (secondary N) is 2. The van der Waals surface area contributed by atoms with E-state index >= 15 is 0 Å². The fourth-order valence-corrected chi connectivity index (χ4v) is 3.31. The van der Waals surface area contributed by atoms with E-state index in [9.17, 15) is 18.0 Å². The fraction of sp³-hybridized carbons (Fsp3) is 0.100. The number of primary amides is 1. The SMILES string of the molecule is COc1ccc(-c2[nH]c(-c3ccnc4[nH]ccc34)cc2C(N)=O)c(C(F)(F)F)c1. The molecule has 29 heavy (non-hydrogen) atoms. The van der Waals surface area contributed by atoms with Gasteiger partial charge in [0.2, 0.25) is 0 Å². The minimum absolute atomic E-state index is 0.0111. The third-order valence-corrected chi connectivity index (χ3v) is 4.63. The van der Waals surface area contributed by atoms with Gasteiger partial charge in [-0.2, -0.15) is 13.2 Å². The van der Waals surface area contributed by atoms with E-state index in [0.717, 1.165) is 11.5 Å². The third-order valence-electron chi connectivity index (χ3n) is 4.63. The standard InChI is InChI=1S/C20H15F3N4O2/c1-29-10-2-3-13(15(8-10)20(21,22)23)17-14(18(24)28)9-16(27-17)11-4-6-25-19-12(11)5-7-26-19/h2-9,27H,1H3,(H2,24,28)(H,25,26). The van der Waals surface area contributed by atoms with Gasteiger partial charge < -0.3 is 20.4 Å². The maximum atomic E-state index is 13.7. The second-order valence-electron chi connectivity index (χ2n) is 6.34. The molecule has 4 rings (SSSR count). The number of halogens is 3. The molecule has 9 heteroatoms. The molecule has 0 aliphatic heterocycles. The quantitative estimate of drug-likeness (QED) is 0.475. The number of hydrogen-bond donors (Lipinski definition) is 3. The molecule has 0 fully saturated rings. The van der Waals surface area contributed by atoms with Crippen LogP contribution in [-0.4, -0.2) is 28.0 Å². The molecule has 0 aliphatic rings. The predicted octanol–water partition coefficient (Wildman–Crippen LogP) is 4.35. The van der Waals surface area contributed by atoms with Gasteiger partial charge in [-0.3, -0.25) is 4.79 Å². The summed E-state index contributed by atoms with van der Waals surface area (Å²) in [7, 11) is 1.28. The number of ether oxygens (including phenoxy) is 1. The first kappa shape index (κ1) is 18.6. The van der Waals surface area contributed by atoms with Crippen molar-refractivity contribution in [2.75, 3.05) is 7.11 Å². The number of nitrogens with zero attached hydrogens (tertiary/aromatic N) is 1. The Labute approximate surface area is 162 Å². The zero-order chi connectivity index (χ0) is 20.8. The normalized spacial score (nSPS) is 11.7. The number of aromatic amines is 2. The summed E-state index contributed by atoms with van der Waals surface area (Å²) in [5, 5.41) is 0.752. The molecule has 148 valence electrons. The number of hydrogen-bond acceptors (Lipinski definition) is 3. The monoisotopic (exact) mass is 400 g/mol. The average Bonchev–Trinajstić information content (AvgIpc) is 3.33. The van der Waals surface area contributed by atoms with Gasteiger partial charge in [0.1, 0.15) is 11.4 Å². The Morgan fingerprint density at radius 1 is 1.14 bits per heavy atom. The Balaban J connectivity index is 1.96. The highest BCUT2D eigenvalue weighted by atomic mass is 19.4. The Morgan fingerprint density at radius 2 is 1.93 bits per heavy atom. The van der Waals surface area contributed by atoms with Gasteiger partial charge in [-0.15, -0.1) is 0 Å². The van der Waals surface area contributed by atoms with E-state index in [1.165, 1.54) is 25.3 Å². The van der Waals surface area contributed by atoms with Crippen molar-refractivity contribution in [2.45, 2.75) is 6.18 Å². The van der Waals surface area contributed by atoms with E-state index in [-0.39, 0.29) is 22.6 Å². The number of benzene rings is 1. The highest BCUT2D eigenvalue weighted by Gasteiger charge is 2.35. The molecule has 0 bridgehead atoms. The van der Waals surface area contributed by atoms with Gasteiger partial charge >= 0.3 is 6.18 Å². The zero-order valence-corrected chi connectivity index (χ0v) is 15.1. The van der Waals surface area contributed by atoms with Crippen LogP contribution in [0.5, 0.6) is 5.75 Å². The molecular weight excluding hydrogens is 385 g/mol. The third kappa shape index (κ3) is 3.20. The molecule has 3 aromatic heterocycles.